The number of H-pyrrole nitrogens is 1. The van der Waals surface area contributed by atoms with Crippen molar-refractivity contribution in [2.45, 2.75) is 24.9 Å². The molecule has 1 aliphatic carbocycles. The summed E-state index contributed by atoms with van der Waals surface area (Å²) in [5.74, 6) is 0.0593. The van der Waals surface area contributed by atoms with Crippen LogP contribution in [0.15, 0.2) is 40.5 Å². The quantitative estimate of drug-likeness (QED) is 0.724. The lowest BCUT2D eigenvalue weighted by Gasteiger charge is -2.14. The van der Waals surface area contributed by atoms with Crippen molar-refractivity contribution in [3.8, 4) is 0 Å². The summed E-state index contributed by atoms with van der Waals surface area (Å²) in [6.45, 7) is -0.0464. The van der Waals surface area contributed by atoms with Crippen molar-refractivity contribution >= 4 is 39.1 Å². The van der Waals surface area contributed by atoms with Crippen LogP contribution < -0.4 is 5.56 Å². The van der Waals surface area contributed by atoms with Crippen molar-refractivity contribution in [3.05, 3.63) is 62.5 Å². The Morgan fingerprint density at radius 3 is 2.75 bits per heavy atom. The molecular weight excluding hydrogens is 348 g/mol. The average Bonchev–Trinajstić information content (AvgIpc) is 3.24. The zero-order chi connectivity index (χ0) is 16.7. The van der Waals surface area contributed by atoms with Gasteiger partial charge in [-0.15, -0.1) is 11.3 Å². The third-order valence-electron chi connectivity index (χ3n) is 4.24. The maximum Gasteiger partial charge on any atom is 0.317 e. The fourth-order valence-corrected chi connectivity index (χ4v) is 3.62. The van der Waals surface area contributed by atoms with E-state index in [2.05, 4.69) is 9.97 Å². The Morgan fingerprint density at radius 1 is 1.29 bits per heavy atom. The van der Waals surface area contributed by atoms with E-state index in [1.807, 2.05) is 17.5 Å². The lowest BCUT2D eigenvalue weighted by Crippen LogP contribution is -2.24. The minimum Gasteiger partial charge on any atom is -0.457 e. The Labute approximate surface area is 146 Å². The molecule has 4 rings (SSSR count). The Kier molecular flexibility index (Phi) is 3.66. The summed E-state index contributed by atoms with van der Waals surface area (Å²) in [5.41, 5.74) is 0.734. The summed E-state index contributed by atoms with van der Waals surface area (Å²) >= 11 is 7.23. The van der Waals surface area contributed by atoms with Crippen molar-refractivity contribution in [2.75, 3.05) is 0 Å². The number of carbonyl (C=O) groups excluding carboxylic acids is 1. The molecule has 7 heteroatoms. The molecule has 0 spiro atoms. The third kappa shape index (κ3) is 2.61. The lowest BCUT2D eigenvalue weighted by molar-refractivity contribution is -0.148. The average molecular weight is 361 g/mol. The van der Waals surface area contributed by atoms with Crippen LogP contribution in [-0.2, 0) is 21.6 Å². The number of halogens is 1. The highest BCUT2D eigenvalue weighted by Gasteiger charge is 2.52. The van der Waals surface area contributed by atoms with Gasteiger partial charge in [0.1, 0.15) is 17.1 Å². The van der Waals surface area contributed by atoms with Crippen molar-refractivity contribution < 1.29 is 9.53 Å². The first-order valence-electron chi connectivity index (χ1n) is 7.48. The van der Waals surface area contributed by atoms with Crippen molar-refractivity contribution in [2.24, 2.45) is 0 Å². The molecule has 0 unspecified atom stereocenters. The summed E-state index contributed by atoms with van der Waals surface area (Å²) in [6.07, 6.45) is 1.50. The van der Waals surface area contributed by atoms with Gasteiger partial charge < -0.3 is 9.72 Å². The second-order valence-corrected chi connectivity index (χ2v) is 7.17. The van der Waals surface area contributed by atoms with Crippen LogP contribution in [0.3, 0.4) is 0 Å². The highest BCUT2D eigenvalue weighted by atomic mass is 35.5. The van der Waals surface area contributed by atoms with E-state index in [0.717, 1.165) is 18.4 Å². The minimum absolute atomic E-state index is 0.0464. The van der Waals surface area contributed by atoms with Crippen LogP contribution in [0.4, 0.5) is 0 Å². The van der Waals surface area contributed by atoms with Gasteiger partial charge in [0.05, 0.1) is 10.9 Å². The molecule has 24 heavy (non-hydrogen) atoms. The number of nitrogens with one attached hydrogen (secondary N) is 1. The van der Waals surface area contributed by atoms with Gasteiger partial charge in [-0.3, -0.25) is 9.59 Å². The Hall–Kier alpha value is -2.18. The standard InChI is InChI=1S/C17H13ClN2O3S/c18-11-3-1-10(2-4-11)17(6-7-17)16(22)23-9-13-19-12-5-8-24-14(12)15(21)20-13/h1-5,8H,6-7,9H2,(H,19,20,21). The zero-order valence-corrected chi connectivity index (χ0v) is 14.1. The Bertz CT molecular complexity index is 973. The van der Waals surface area contributed by atoms with Gasteiger partial charge in [-0.25, -0.2) is 4.98 Å². The van der Waals surface area contributed by atoms with Crippen LogP contribution in [0.5, 0.6) is 0 Å². The summed E-state index contributed by atoms with van der Waals surface area (Å²) in [7, 11) is 0. The van der Waals surface area contributed by atoms with Gasteiger partial charge in [-0.1, -0.05) is 23.7 Å². The highest BCUT2D eigenvalue weighted by Crippen LogP contribution is 2.49. The molecule has 1 aromatic carbocycles. The number of benzene rings is 1. The molecule has 2 aromatic heterocycles. The highest BCUT2D eigenvalue weighted by molar-refractivity contribution is 7.17. The first kappa shape index (κ1) is 15.4. The number of aromatic nitrogens is 2. The SMILES string of the molecule is O=C(OCc1nc2ccsc2c(=O)[nH]1)C1(c2ccc(Cl)cc2)CC1. The molecule has 0 amide bonds. The molecular formula is C17H13ClN2O3S. The molecule has 1 aliphatic rings. The monoisotopic (exact) mass is 360 g/mol. The molecule has 0 aliphatic heterocycles. The van der Waals surface area contributed by atoms with E-state index < -0.39 is 5.41 Å². The van der Waals surface area contributed by atoms with Crippen LogP contribution in [-0.4, -0.2) is 15.9 Å². The van der Waals surface area contributed by atoms with Crippen molar-refractivity contribution in [1.29, 1.82) is 0 Å². The molecule has 1 N–H and O–H groups in total. The van der Waals surface area contributed by atoms with E-state index >= 15 is 0 Å². The maximum absolute atomic E-state index is 12.5. The summed E-state index contributed by atoms with van der Waals surface area (Å²) in [4.78, 5) is 31.4. The van der Waals surface area contributed by atoms with E-state index in [9.17, 15) is 9.59 Å². The molecule has 2 heterocycles. The predicted molar refractivity (Wildman–Crippen MR) is 92.4 cm³/mol. The van der Waals surface area contributed by atoms with Crippen molar-refractivity contribution in [3.63, 3.8) is 0 Å². The van der Waals surface area contributed by atoms with Gasteiger partial charge in [-0.2, -0.15) is 0 Å². The summed E-state index contributed by atoms with van der Waals surface area (Å²) in [6, 6.07) is 9.03. The maximum atomic E-state index is 12.5. The van der Waals surface area contributed by atoms with E-state index in [-0.39, 0.29) is 18.1 Å². The van der Waals surface area contributed by atoms with E-state index in [1.54, 1.807) is 18.2 Å². The molecule has 0 saturated heterocycles. The second-order valence-electron chi connectivity index (χ2n) is 5.81. The number of nitrogens with zero attached hydrogens (tertiary/aromatic N) is 1. The van der Waals surface area contributed by atoms with Gasteiger partial charge in [0.25, 0.3) is 5.56 Å². The molecule has 122 valence electrons. The second kappa shape index (κ2) is 5.72. The lowest BCUT2D eigenvalue weighted by atomic mass is 9.96. The molecule has 1 saturated carbocycles. The number of thiophene rings is 1. The van der Waals surface area contributed by atoms with Gasteiger partial charge in [0, 0.05) is 5.02 Å². The first-order valence-corrected chi connectivity index (χ1v) is 8.74. The molecule has 0 atom stereocenters. The number of ether oxygens (including phenoxy) is 1. The fraction of sp³-hybridized carbons (Fsp3) is 0.235. The molecule has 3 aromatic rings. The zero-order valence-electron chi connectivity index (χ0n) is 12.5. The van der Waals surface area contributed by atoms with E-state index in [4.69, 9.17) is 16.3 Å². The number of hydrogen-bond acceptors (Lipinski definition) is 5. The molecule has 1 fully saturated rings. The summed E-state index contributed by atoms with van der Waals surface area (Å²) in [5, 5.41) is 2.44. The van der Waals surface area contributed by atoms with Crippen LogP contribution in [0.2, 0.25) is 5.02 Å². The topological polar surface area (TPSA) is 72.0 Å². The molecule has 0 bridgehead atoms. The van der Waals surface area contributed by atoms with Crippen LogP contribution in [0.1, 0.15) is 24.2 Å². The fourth-order valence-electron chi connectivity index (χ4n) is 2.77. The number of aromatic amines is 1. The Morgan fingerprint density at radius 2 is 2.04 bits per heavy atom. The van der Waals surface area contributed by atoms with Crippen LogP contribution in [0, 0.1) is 0 Å². The van der Waals surface area contributed by atoms with Crippen LogP contribution >= 0.6 is 22.9 Å². The largest absolute Gasteiger partial charge is 0.457 e. The number of esters is 1. The third-order valence-corrected chi connectivity index (χ3v) is 5.40. The van der Waals surface area contributed by atoms with Gasteiger partial charge in [0.15, 0.2) is 0 Å². The van der Waals surface area contributed by atoms with Crippen molar-refractivity contribution in [1.82, 2.24) is 9.97 Å². The smallest absolute Gasteiger partial charge is 0.317 e. The number of hydrogen-bond donors (Lipinski definition) is 1. The Balaban J connectivity index is 1.51. The molecule has 0 radical (unpaired) electrons. The number of carbonyl (C=O) groups is 1. The number of fused-ring (bicyclic) bond motifs is 1. The first-order chi connectivity index (χ1) is 11.6. The van der Waals surface area contributed by atoms with E-state index in [0.29, 0.717) is 21.1 Å². The van der Waals surface area contributed by atoms with Gasteiger partial charge >= 0.3 is 5.97 Å². The van der Waals surface area contributed by atoms with E-state index in [1.165, 1.54) is 11.3 Å². The minimum atomic E-state index is -0.586. The van der Waals surface area contributed by atoms with Gasteiger partial charge in [0.2, 0.25) is 0 Å². The normalized spacial score (nSPS) is 15.4. The number of rotatable bonds is 4. The van der Waals surface area contributed by atoms with Gasteiger partial charge in [-0.05, 0) is 42.0 Å². The van der Waals surface area contributed by atoms with Crippen LogP contribution in [0.25, 0.3) is 10.2 Å². The molecule has 5 nitrogen and oxygen atoms in total. The summed E-state index contributed by atoms with van der Waals surface area (Å²) < 4.78 is 5.99. The predicted octanol–water partition coefficient (Wildman–Crippen LogP) is 3.41.